The quantitative estimate of drug-likeness (QED) is 0.146. The van der Waals surface area contributed by atoms with Crippen LogP contribution in [0.1, 0.15) is 97.6 Å². The number of benzene rings is 6. The van der Waals surface area contributed by atoms with E-state index in [2.05, 4.69) is 183 Å². The molecule has 0 aliphatic heterocycles. The van der Waals surface area contributed by atoms with Crippen LogP contribution in [0.4, 0.5) is 17.1 Å². The minimum atomic E-state index is 1.04. The molecule has 6 aromatic carbocycles. The third-order valence-corrected chi connectivity index (χ3v) is 13.5. The number of hydrogen-bond acceptors (Lipinski definition) is 1. The molecule has 0 saturated carbocycles. The zero-order valence-corrected chi connectivity index (χ0v) is 35.6. The van der Waals surface area contributed by atoms with E-state index >= 15 is 0 Å². The van der Waals surface area contributed by atoms with E-state index in [0.29, 0.717) is 0 Å². The molecule has 1 nitrogen and oxygen atoms in total. The molecule has 0 N–H and O–H groups in total. The fourth-order valence-corrected chi connectivity index (χ4v) is 10.9. The monoisotopic (exact) mass is 787 g/mol. The summed E-state index contributed by atoms with van der Waals surface area (Å²) in [6.45, 7) is 4.46. The number of rotatable bonds is 7. The first-order valence-electron chi connectivity index (χ1n) is 22.7. The van der Waals surface area contributed by atoms with Crippen molar-refractivity contribution in [1.29, 1.82) is 0 Å². The molecule has 0 saturated heterocycles. The average molecular weight is 788 g/mol. The van der Waals surface area contributed by atoms with E-state index in [1.165, 1.54) is 116 Å². The number of anilines is 3. The molecule has 0 fully saturated rings. The highest BCUT2D eigenvalue weighted by atomic mass is 15.1. The van der Waals surface area contributed by atoms with Gasteiger partial charge in [-0.2, -0.15) is 0 Å². The Morgan fingerprint density at radius 2 is 1.21 bits per heavy atom. The molecule has 1 heteroatoms. The Morgan fingerprint density at radius 3 is 2.00 bits per heavy atom. The van der Waals surface area contributed by atoms with Gasteiger partial charge in [-0.25, -0.2) is 0 Å². The van der Waals surface area contributed by atoms with Gasteiger partial charge in [0.2, 0.25) is 0 Å². The highest BCUT2D eigenvalue weighted by Gasteiger charge is 2.27. The van der Waals surface area contributed by atoms with Crippen LogP contribution in [0.25, 0.3) is 54.6 Å². The topological polar surface area (TPSA) is 3.24 Å². The van der Waals surface area contributed by atoms with Crippen molar-refractivity contribution >= 4 is 71.7 Å². The second kappa shape index (κ2) is 15.9. The van der Waals surface area contributed by atoms with E-state index in [9.17, 15) is 0 Å². The van der Waals surface area contributed by atoms with E-state index in [-0.39, 0.29) is 0 Å². The van der Waals surface area contributed by atoms with Gasteiger partial charge in [-0.1, -0.05) is 128 Å². The average Bonchev–Trinajstić information content (AvgIpc) is 3.31. The van der Waals surface area contributed by atoms with Crippen LogP contribution in [-0.2, 0) is 0 Å². The Balaban J connectivity index is 1.24. The lowest BCUT2D eigenvalue weighted by atomic mass is 9.79. The number of para-hydroxylation sites is 1. The van der Waals surface area contributed by atoms with Gasteiger partial charge in [0.1, 0.15) is 0 Å². The van der Waals surface area contributed by atoms with Gasteiger partial charge in [-0.05, 0) is 208 Å². The van der Waals surface area contributed by atoms with Gasteiger partial charge < -0.3 is 4.90 Å². The van der Waals surface area contributed by atoms with E-state index < -0.39 is 0 Å². The van der Waals surface area contributed by atoms with E-state index in [1.54, 1.807) is 0 Å². The van der Waals surface area contributed by atoms with Gasteiger partial charge in [0.05, 0.1) is 5.69 Å². The molecule has 0 radical (unpaired) electrons. The molecule has 0 amide bonds. The molecular formula is C60H53N. The molecular weight excluding hydrogens is 735 g/mol. The van der Waals surface area contributed by atoms with Crippen molar-refractivity contribution in [3.8, 4) is 0 Å². The predicted molar refractivity (Wildman–Crippen MR) is 265 cm³/mol. The Kier molecular flexibility index (Phi) is 9.77. The van der Waals surface area contributed by atoms with Crippen LogP contribution in [0.5, 0.6) is 0 Å². The van der Waals surface area contributed by atoms with Gasteiger partial charge in [0.25, 0.3) is 0 Å². The van der Waals surface area contributed by atoms with Crippen molar-refractivity contribution in [3.05, 3.63) is 208 Å². The van der Waals surface area contributed by atoms with Crippen molar-refractivity contribution in [2.24, 2.45) is 0 Å². The highest BCUT2D eigenvalue weighted by Crippen LogP contribution is 2.50. The van der Waals surface area contributed by atoms with E-state index in [0.717, 1.165) is 64.2 Å². The van der Waals surface area contributed by atoms with Crippen molar-refractivity contribution < 1.29 is 0 Å². The summed E-state index contributed by atoms with van der Waals surface area (Å²) in [5.41, 5.74) is 20.1. The molecule has 11 rings (SSSR count). The minimum absolute atomic E-state index is 1.04. The van der Waals surface area contributed by atoms with Crippen LogP contribution in [0, 0.1) is 13.8 Å². The Hall–Kier alpha value is -6.44. The number of nitrogens with zero attached hydrogens (tertiary/aromatic N) is 1. The Labute approximate surface area is 361 Å². The first-order chi connectivity index (χ1) is 30.1. The molecule has 0 atom stereocenters. The number of aryl methyl sites for hydroxylation is 2. The smallest absolute Gasteiger partial charge is 0.0540 e. The van der Waals surface area contributed by atoms with E-state index in [4.69, 9.17) is 0 Å². The summed E-state index contributed by atoms with van der Waals surface area (Å²) >= 11 is 0. The largest absolute Gasteiger partial charge is 0.310 e. The molecule has 0 aromatic heterocycles. The molecule has 6 aromatic rings. The van der Waals surface area contributed by atoms with Crippen LogP contribution in [0.3, 0.4) is 0 Å². The van der Waals surface area contributed by atoms with Gasteiger partial charge in [-0.3, -0.25) is 0 Å². The Bertz CT molecular complexity index is 3070. The van der Waals surface area contributed by atoms with Crippen molar-refractivity contribution in [2.45, 2.75) is 78.1 Å². The third kappa shape index (κ3) is 6.72. The zero-order chi connectivity index (χ0) is 40.9. The fourth-order valence-electron chi connectivity index (χ4n) is 10.9. The van der Waals surface area contributed by atoms with Gasteiger partial charge in [0, 0.05) is 16.9 Å². The van der Waals surface area contributed by atoms with Crippen LogP contribution in [-0.4, -0.2) is 0 Å². The summed E-state index contributed by atoms with van der Waals surface area (Å²) in [5, 5.41) is 7.98. The maximum atomic E-state index is 2.56. The number of allylic oxidation sites excluding steroid dienone is 18. The maximum absolute atomic E-state index is 2.56. The fraction of sp³-hybridized carbons (Fsp3) is 0.200. The summed E-state index contributed by atoms with van der Waals surface area (Å²) < 4.78 is 0. The third-order valence-electron chi connectivity index (χ3n) is 13.5. The molecule has 298 valence electrons. The summed E-state index contributed by atoms with van der Waals surface area (Å²) in [7, 11) is 0. The SMILES string of the molecule is Cc1cc(C)cc(N(c2ccc3c(c2)c2ccccc2c2c(C4=CC=CCC4)cc(C4=CCCC=C4)c(C4=CCCC=C4)c32)c2ccccc2C2=CCCC3=C2CCC=C3)c1. The van der Waals surface area contributed by atoms with Crippen LogP contribution in [0.15, 0.2) is 175 Å². The lowest BCUT2D eigenvalue weighted by molar-refractivity contribution is 0.892. The minimum Gasteiger partial charge on any atom is -0.310 e. The molecule has 0 unspecified atom stereocenters. The summed E-state index contributed by atoms with van der Waals surface area (Å²) in [6.07, 6.45) is 39.5. The molecule has 5 aliphatic rings. The summed E-state index contributed by atoms with van der Waals surface area (Å²) in [6, 6.07) is 35.4. The molecule has 0 heterocycles. The summed E-state index contributed by atoms with van der Waals surface area (Å²) in [4.78, 5) is 2.55. The molecule has 61 heavy (non-hydrogen) atoms. The van der Waals surface area contributed by atoms with Crippen molar-refractivity contribution in [1.82, 2.24) is 0 Å². The van der Waals surface area contributed by atoms with E-state index in [1.807, 2.05) is 0 Å². The van der Waals surface area contributed by atoms with Crippen LogP contribution >= 0.6 is 0 Å². The predicted octanol–water partition coefficient (Wildman–Crippen LogP) is 17.3. The number of fused-ring (bicyclic) bond motifs is 6. The van der Waals surface area contributed by atoms with Gasteiger partial charge >= 0.3 is 0 Å². The maximum Gasteiger partial charge on any atom is 0.0540 e. The van der Waals surface area contributed by atoms with Crippen molar-refractivity contribution in [3.63, 3.8) is 0 Å². The summed E-state index contributed by atoms with van der Waals surface area (Å²) in [5.74, 6) is 0. The van der Waals surface area contributed by atoms with Crippen LogP contribution < -0.4 is 4.90 Å². The second-order valence-electron chi connectivity index (χ2n) is 17.6. The lowest BCUT2D eigenvalue weighted by Gasteiger charge is -2.31. The first-order valence-corrected chi connectivity index (χ1v) is 22.7. The van der Waals surface area contributed by atoms with Crippen molar-refractivity contribution in [2.75, 3.05) is 4.90 Å². The molecule has 0 bridgehead atoms. The Morgan fingerprint density at radius 1 is 0.475 bits per heavy atom. The molecule has 0 spiro atoms. The normalized spacial score (nSPS) is 17.4. The molecule has 5 aliphatic carbocycles. The lowest BCUT2D eigenvalue weighted by Crippen LogP contribution is -2.14. The standard InChI is InChI=1S/C60H53N/c1-40-35-41(2)37-47(36-40)61(57-32-17-16-29-51(57)49-31-18-26-42-23-12-13-27-48(42)49)46-33-34-53-56(38-46)50-28-14-15-30-52(50)59-55(44-21-8-4-9-22-44)39-54(43-19-6-3-7-20-43)58(60(53)59)45-24-10-5-11-25-45/h4,6,8,10,12,14-17,19-21,23-25,28-39H,3,5,7,9,11,13,18,22,26-27H2,1-2H3. The van der Waals surface area contributed by atoms with Crippen LogP contribution in [0.2, 0.25) is 0 Å². The van der Waals surface area contributed by atoms with Gasteiger partial charge in [0.15, 0.2) is 0 Å². The first kappa shape index (κ1) is 37.6. The highest BCUT2D eigenvalue weighted by molar-refractivity contribution is 6.31. The number of hydrogen-bond donors (Lipinski definition) is 0. The zero-order valence-electron chi connectivity index (χ0n) is 35.6. The van der Waals surface area contributed by atoms with Gasteiger partial charge in [-0.15, -0.1) is 0 Å². The second-order valence-corrected chi connectivity index (χ2v) is 17.6.